The highest BCUT2D eigenvalue weighted by atomic mass is 16.5. The zero-order chi connectivity index (χ0) is 14.8. The van der Waals surface area contributed by atoms with Gasteiger partial charge in [-0.1, -0.05) is 30.3 Å². The summed E-state index contributed by atoms with van der Waals surface area (Å²) in [7, 11) is 1.27. The molecule has 0 spiro atoms. The third kappa shape index (κ3) is 7.23. The molecule has 2 atom stereocenters. The lowest BCUT2D eigenvalue weighted by atomic mass is 10.1. The first kappa shape index (κ1) is 16.6. The van der Waals surface area contributed by atoms with Gasteiger partial charge < -0.3 is 19.7 Å². The van der Waals surface area contributed by atoms with E-state index >= 15 is 0 Å². The number of hydrogen-bond acceptors (Lipinski definition) is 5. The van der Waals surface area contributed by atoms with E-state index in [1.165, 1.54) is 7.11 Å². The molecule has 0 aromatic heterocycles. The quantitative estimate of drug-likeness (QED) is 0.527. The first-order valence-electron chi connectivity index (χ1n) is 6.66. The first-order chi connectivity index (χ1) is 9.61. The van der Waals surface area contributed by atoms with Crippen LogP contribution >= 0.6 is 0 Å². The van der Waals surface area contributed by atoms with E-state index in [4.69, 9.17) is 4.74 Å². The van der Waals surface area contributed by atoms with Gasteiger partial charge in [0.2, 0.25) is 0 Å². The summed E-state index contributed by atoms with van der Waals surface area (Å²) in [5.74, 6) is -0.481. The molecule has 0 fully saturated rings. The molecule has 0 radical (unpaired) electrons. The minimum absolute atomic E-state index is 0.0988. The van der Waals surface area contributed by atoms with Crippen LogP contribution < -0.4 is 0 Å². The zero-order valence-electron chi connectivity index (χ0n) is 11.7. The van der Waals surface area contributed by atoms with Gasteiger partial charge >= 0.3 is 5.97 Å². The van der Waals surface area contributed by atoms with Crippen molar-refractivity contribution < 1.29 is 24.5 Å². The Balaban J connectivity index is 2.10. The second kappa shape index (κ2) is 9.47. The molecular formula is C15H22O5. The van der Waals surface area contributed by atoms with Crippen LogP contribution in [0.4, 0.5) is 0 Å². The van der Waals surface area contributed by atoms with Gasteiger partial charge in [0.25, 0.3) is 0 Å². The van der Waals surface area contributed by atoms with E-state index in [0.29, 0.717) is 19.6 Å². The minimum Gasteiger partial charge on any atom is -0.469 e. The maximum absolute atomic E-state index is 10.9. The molecule has 0 aliphatic rings. The van der Waals surface area contributed by atoms with Crippen LogP contribution in [0.3, 0.4) is 0 Å². The summed E-state index contributed by atoms with van der Waals surface area (Å²) in [5, 5.41) is 19.3. The molecule has 5 heteroatoms. The van der Waals surface area contributed by atoms with Crippen molar-refractivity contribution in [3.05, 3.63) is 35.9 Å². The predicted molar refractivity (Wildman–Crippen MR) is 74.0 cm³/mol. The van der Waals surface area contributed by atoms with Crippen molar-refractivity contribution in [1.82, 2.24) is 0 Å². The van der Waals surface area contributed by atoms with E-state index in [1.807, 2.05) is 30.3 Å². The van der Waals surface area contributed by atoms with Crippen molar-refractivity contribution >= 4 is 5.97 Å². The summed E-state index contributed by atoms with van der Waals surface area (Å²) in [6.07, 6.45) is -1.11. The average Bonchev–Trinajstić information content (AvgIpc) is 2.44. The summed E-state index contributed by atoms with van der Waals surface area (Å²) in [6, 6.07) is 9.76. The van der Waals surface area contributed by atoms with E-state index in [9.17, 15) is 15.0 Å². The van der Waals surface area contributed by atoms with Crippen LogP contribution in [0.25, 0.3) is 0 Å². The normalized spacial score (nSPS) is 13.8. The smallest absolute Gasteiger partial charge is 0.308 e. The summed E-state index contributed by atoms with van der Waals surface area (Å²) in [4.78, 5) is 10.9. The molecule has 0 bridgehead atoms. The van der Waals surface area contributed by atoms with Crippen LogP contribution in [-0.2, 0) is 20.9 Å². The van der Waals surface area contributed by atoms with Crippen LogP contribution in [0.5, 0.6) is 0 Å². The molecule has 0 saturated heterocycles. The van der Waals surface area contributed by atoms with Crippen molar-refractivity contribution in [2.45, 2.75) is 38.1 Å². The van der Waals surface area contributed by atoms with E-state index in [2.05, 4.69) is 4.74 Å². The fourth-order valence-electron chi connectivity index (χ4n) is 1.77. The molecule has 0 aliphatic heterocycles. The van der Waals surface area contributed by atoms with E-state index in [0.717, 1.165) is 5.56 Å². The van der Waals surface area contributed by atoms with Crippen molar-refractivity contribution in [1.29, 1.82) is 0 Å². The molecule has 0 aliphatic carbocycles. The highest BCUT2D eigenvalue weighted by Gasteiger charge is 2.15. The molecule has 0 heterocycles. The summed E-state index contributed by atoms with van der Waals surface area (Å²) >= 11 is 0. The highest BCUT2D eigenvalue weighted by molar-refractivity contribution is 5.69. The van der Waals surface area contributed by atoms with Gasteiger partial charge in [0, 0.05) is 6.61 Å². The molecule has 2 N–H and O–H groups in total. The highest BCUT2D eigenvalue weighted by Crippen LogP contribution is 2.08. The lowest BCUT2D eigenvalue weighted by Crippen LogP contribution is -2.22. The fraction of sp³-hybridized carbons (Fsp3) is 0.533. The Bertz CT molecular complexity index is 379. The molecule has 20 heavy (non-hydrogen) atoms. The SMILES string of the molecule is COC(=O)C[C@H](O)C[C@H](O)CCOCc1ccccc1. The predicted octanol–water partition coefficient (Wildman–Crippen LogP) is 1.27. The van der Waals surface area contributed by atoms with Crippen LogP contribution in [0.15, 0.2) is 30.3 Å². The Hall–Kier alpha value is -1.43. The lowest BCUT2D eigenvalue weighted by molar-refractivity contribution is -0.143. The molecule has 112 valence electrons. The van der Waals surface area contributed by atoms with Gasteiger partial charge in [0.1, 0.15) is 0 Å². The maximum Gasteiger partial charge on any atom is 0.308 e. The number of rotatable bonds is 9. The number of esters is 1. The zero-order valence-corrected chi connectivity index (χ0v) is 11.7. The second-order valence-electron chi connectivity index (χ2n) is 4.65. The second-order valence-corrected chi connectivity index (χ2v) is 4.65. The van der Waals surface area contributed by atoms with Gasteiger partial charge in [-0.15, -0.1) is 0 Å². The topological polar surface area (TPSA) is 76.0 Å². The Morgan fingerprint density at radius 1 is 1.20 bits per heavy atom. The largest absolute Gasteiger partial charge is 0.469 e. The van der Waals surface area contributed by atoms with Gasteiger partial charge in [0.05, 0.1) is 32.3 Å². The number of carbonyl (C=O) groups is 1. The number of ether oxygens (including phenoxy) is 2. The molecule has 1 rings (SSSR count). The van der Waals surface area contributed by atoms with Crippen LogP contribution in [0, 0.1) is 0 Å². The molecule has 0 unspecified atom stereocenters. The third-order valence-corrected chi connectivity index (χ3v) is 2.88. The molecular weight excluding hydrogens is 260 g/mol. The summed E-state index contributed by atoms with van der Waals surface area (Å²) < 4.78 is 9.89. The van der Waals surface area contributed by atoms with Crippen molar-refractivity contribution in [3.8, 4) is 0 Å². The van der Waals surface area contributed by atoms with E-state index < -0.39 is 18.2 Å². The Labute approximate surface area is 119 Å². The van der Waals surface area contributed by atoms with Crippen molar-refractivity contribution in [2.75, 3.05) is 13.7 Å². The Kier molecular flexibility index (Phi) is 7.87. The minimum atomic E-state index is -0.883. The number of aliphatic hydroxyl groups excluding tert-OH is 2. The van der Waals surface area contributed by atoms with Gasteiger partial charge in [0.15, 0.2) is 0 Å². The van der Waals surface area contributed by atoms with Gasteiger partial charge in [-0.25, -0.2) is 0 Å². The third-order valence-electron chi connectivity index (χ3n) is 2.88. The lowest BCUT2D eigenvalue weighted by Gasteiger charge is -2.14. The van der Waals surface area contributed by atoms with Crippen molar-refractivity contribution in [2.24, 2.45) is 0 Å². The molecule has 0 amide bonds. The van der Waals surface area contributed by atoms with E-state index in [-0.39, 0.29) is 12.8 Å². The number of carbonyl (C=O) groups excluding carboxylic acids is 1. The first-order valence-corrected chi connectivity index (χ1v) is 6.66. The van der Waals surface area contributed by atoms with Gasteiger partial charge in [-0.05, 0) is 18.4 Å². The van der Waals surface area contributed by atoms with Crippen LogP contribution in [0.2, 0.25) is 0 Å². The summed E-state index contributed by atoms with van der Waals surface area (Å²) in [6.45, 7) is 0.902. The van der Waals surface area contributed by atoms with Crippen molar-refractivity contribution in [3.63, 3.8) is 0 Å². The monoisotopic (exact) mass is 282 g/mol. The van der Waals surface area contributed by atoms with Crippen LogP contribution in [0.1, 0.15) is 24.8 Å². The maximum atomic E-state index is 10.9. The van der Waals surface area contributed by atoms with Gasteiger partial charge in [-0.2, -0.15) is 0 Å². The molecule has 1 aromatic rings. The molecule has 5 nitrogen and oxygen atoms in total. The molecule has 0 saturated carbocycles. The number of hydrogen-bond donors (Lipinski definition) is 2. The average molecular weight is 282 g/mol. The van der Waals surface area contributed by atoms with E-state index in [1.54, 1.807) is 0 Å². The number of methoxy groups -OCH3 is 1. The molecule has 1 aromatic carbocycles. The number of aliphatic hydroxyl groups is 2. The van der Waals surface area contributed by atoms with Gasteiger partial charge in [-0.3, -0.25) is 4.79 Å². The van der Waals surface area contributed by atoms with Crippen LogP contribution in [-0.4, -0.2) is 42.1 Å². The Morgan fingerprint density at radius 3 is 2.55 bits per heavy atom. The number of benzene rings is 1. The Morgan fingerprint density at radius 2 is 1.90 bits per heavy atom. The summed E-state index contributed by atoms with van der Waals surface area (Å²) in [5.41, 5.74) is 1.08. The fourth-order valence-corrected chi connectivity index (χ4v) is 1.77. The standard InChI is InChI=1S/C15H22O5/c1-19-15(18)10-14(17)9-13(16)7-8-20-11-12-5-3-2-4-6-12/h2-6,13-14,16-17H,7-11H2,1H3/t13-,14-/m1/s1.